The largest absolute Gasteiger partial charge is 0.496 e. The molecule has 1 N–H and O–H groups in total. The molecule has 0 aliphatic heterocycles. The van der Waals surface area contributed by atoms with Gasteiger partial charge in [-0.25, -0.2) is 9.55 Å². The van der Waals surface area contributed by atoms with Crippen LogP contribution in [0.2, 0.25) is 0 Å². The summed E-state index contributed by atoms with van der Waals surface area (Å²) in [6.45, 7) is 10.1. The maximum absolute atomic E-state index is 13.2. The lowest BCUT2D eigenvalue weighted by Crippen LogP contribution is -2.37. The van der Waals surface area contributed by atoms with Crippen molar-refractivity contribution in [1.29, 1.82) is 0 Å². The van der Waals surface area contributed by atoms with Crippen molar-refractivity contribution in [2.75, 3.05) is 7.11 Å². The lowest BCUT2D eigenvalue weighted by Gasteiger charge is -2.21. The third-order valence-corrected chi connectivity index (χ3v) is 9.84. The van der Waals surface area contributed by atoms with Crippen LogP contribution < -0.4 is 9.30 Å². The molecule has 1 aliphatic rings. The zero-order valence-electron chi connectivity index (χ0n) is 23.2. The van der Waals surface area contributed by atoms with Gasteiger partial charge in [0, 0.05) is 22.5 Å². The van der Waals surface area contributed by atoms with Crippen LogP contribution in [0.25, 0.3) is 22.7 Å². The number of Topliss-reactive ketones (excluding diaryl/α,β-unsaturated/α-hetero) is 1. The Morgan fingerprint density at radius 3 is 2.50 bits per heavy atom. The fourth-order valence-electron chi connectivity index (χ4n) is 5.60. The second-order valence-electron chi connectivity index (χ2n) is 10.9. The Bertz CT molecular complexity index is 1700. The molecule has 0 spiro atoms. The molecule has 0 radical (unpaired) electrons. The van der Waals surface area contributed by atoms with Crippen molar-refractivity contribution in [3.63, 3.8) is 0 Å². The smallest absolute Gasteiger partial charge is 0.402 e. The first kappa shape index (κ1) is 26.5. The molecule has 3 aromatic heterocycles. The van der Waals surface area contributed by atoms with E-state index in [4.69, 9.17) is 9.72 Å². The number of carbonyl (C=O) groups excluding carboxylic acids is 1. The van der Waals surface area contributed by atoms with E-state index in [2.05, 4.69) is 44.1 Å². The highest BCUT2D eigenvalue weighted by Gasteiger charge is 2.50. The average Bonchev–Trinajstić information content (AvgIpc) is 3.62. The van der Waals surface area contributed by atoms with Crippen molar-refractivity contribution in [3.05, 3.63) is 77.1 Å². The normalized spacial score (nSPS) is 15.5. The Morgan fingerprint density at radius 1 is 1.05 bits per heavy atom. The van der Waals surface area contributed by atoms with Crippen molar-refractivity contribution in [1.82, 2.24) is 30.2 Å². The summed E-state index contributed by atoms with van der Waals surface area (Å²) >= 11 is 0. The van der Waals surface area contributed by atoms with Crippen LogP contribution in [0, 0.1) is 6.92 Å². The van der Waals surface area contributed by atoms with Gasteiger partial charge < -0.3 is 4.74 Å². The molecule has 204 valence electrons. The van der Waals surface area contributed by atoms with Crippen LogP contribution in [0.5, 0.6) is 5.75 Å². The zero-order chi connectivity index (χ0) is 28.2. The van der Waals surface area contributed by atoms with Crippen molar-refractivity contribution < 1.29 is 14.1 Å². The Balaban J connectivity index is 1.34. The third kappa shape index (κ3) is 4.19. The summed E-state index contributed by atoms with van der Waals surface area (Å²) in [4.78, 5) is 21.6. The van der Waals surface area contributed by atoms with Crippen LogP contribution in [0.15, 0.2) is 59.9 Å². The number of carbonyl (C=O) groups is 1. The van der Waals surface area contributed by atoms with E-state index < -0.39 is 10.8 Å². The first-order valence-electron chi connectivity index (χ1n) is 12.9. The summed E-state index contributed by atoms with van der Waals surface area (Å²) in [5, 5.41) is 12.9. The van der Waals surface area contributed by atoms with E-state index >= 15 is 0 Å². The van der Waals surface area contributed by atoms with Crippen LogP contribution in [0.3, 0.4) is 0 Å². The molecule has 0 saturated heterocycles. The number of aromatic nitrogens is 7. The van der Waals surface area contributed by atoms with Gasteiger partial charge >= 0.3 is 5.95 Å². The minimum absolute atomic E-state index is 0.234. The number of imidazole rings is 1. The van der Waals surface area contributed by atoms with Gasteiger partial charge in [-0.2, -0.15) is 4.68 Å². The predicted octanol–water partition coefficient (Wildman–Crippen LogP) is 5.21. The van der Waals surface area contributed by atoms with Crippen LogP contribution in [-0.2, 0) is 21.4 Å². The standard InChI is InChI=1S/C29H30N7O2S2/c1-17-23(16-39-40-27-32-33-34-36(27)18-10-8-7-9-11-18)35(13-12-24(17)38-6)26-30-21-14-19-20(15-22(21)31-26)29(4,5)25(37)28(19,2)3/h7-15H,16H2,1-6H3,(H,30,31)/q+1. The molecule has 5 aromatic rings. The SMILES string of the molecule is COc1cc[n+](-c2nc3cc4c(cc3[nH]2)C(C)(C)C(=O)C4(C)C)c(CSSc2nnnn2-c2ccccc2)c1C. The summed E-state index contributed by atoms with van der Waals surface area (Å²) in [5.74, 6) is 2.40. The van der Waals surface area contributed by atoms with E-state index in [0.717, 1.165) is 44.9 Å². The maximum Gasteiger partial charge on any atom is 0.402 e. The summed E-state index contributed by atoms with van der Waals surface area (Å²) in [7, 11) is 4.83. The number of benzene rings is 2. The van der Waals surface area contributed by atoms with E-state index in [-0.39, 0.29) is 5.78 Å². The van der Waals surface area contributed by atoms with Gasteiger partial charge in [-0.3, -0.25) is 4.79 Å². The third-order valence-electron chi connectivity index (χ3n) is 7.78. The predicted molar refractivity (Wildman–Crippen MR) is 156 cm³/mol. The molecule has 40 heavy (non-hydrogen) atoms. The Kier molecular flexibility index (Phi) is 6.46. The molecule has 0 bridgehead atoms. The number of rotatable bonds is 7. The van der Waals surface area contributed by atoms with Crippen LogP contribution >= 0.6 is 21.6 Å². The van der Waals surface area contributed by atoms with Gasteiger partial charge in [-0.05, 0) is 91.2 Å². The van der Waals surface area contributed by atoms with Gasteiger partial charge in [-0.15, -0.1) is 5.10 Å². The van der Waals surface area contributed by atoms with Crippen LogP contribution in [0.1, 0.15) is 50.1 Å². The number of fused-ring (bicyclic) bond motifs is 2. The second-order valence-corrected chi connectivity index (χ2v) is 13.2. The molecule has 0 saturated carbocycles. The number of ketones is 1. The molecule has 9 nitrogen and oxygen atoms in total. The number of tetrazole rings is 1. The molecule has 11 heteroatoms. The highest BCUT2D eigenvalue weighted by Crippen LogP contribution is 2.47. The lowest BCUT2D eigenvalue weighted by atomic mass is 9.80. The number of aromatic amines is 1. The monoisotopic (exact) mass is 572 g/mol. The van der Waals surface area contributed by atoms with E-state index in [9.17, 15) is 4.79 Å². The fourth-order valence-corrected chi connectivity index (χ4v) is 7.65. The molecule has 0 fully saturated rings. The van der Waals surface area contributed by atoms with Crippen molar-refractivity contribution in [2.45, 2.75) is 56.4 Å². The number of H-pyrrole nitrogens is 1. The van der Waals surface area contributed by atoms with Gasteiger partial charge in [0.1, 0.15) is 17.0 Å². The van der Waals surface area contributed by atoms with E-state index in [1.54, 1.807) is 22.6 Å². The number of nitrogens with zero attached hydrogens (tertiary/aromatic N) is 6. The van der Waals surface area contributed by atoms with Gasteiger partial charge in [0.15, 0.2) is 11.3 Å². The average molecular weight is 573 g/mol. The minimum Gasteiger partial charge on any atom is -0.496 e. The summed E-state index contributed by atoms with van der Waals surface area (Å²) in [5.41, 5.74) is 5.73. The Labute approximate surface area is 240 Å². The highest BCUT2D eigenvalue weighted by molar-refractivity contribution is 8.76. The number of hydrogen-bond donors (Lipinski definition) is 1. The molecular weight excluding hydrogens is 543 g/mol. The van der Waals surface area contributed by atoms with E-state index in [1.807, 2.05) is 70.3 Å². The van der Waals surface area contributed by atoms with Crippen LogP contribution in [-0.4, -0.2) is 43.1 Å². The summed E-state index contributed by atoms with van der Waals surface area (Å²) in [6, 6.07) is 15.9. The van der Waals surface area contributed by atoms with Gasteiger partial charge in [-0.1, -0.05) is 34.0 Å². The quantitative estimate of drug-likeness (QED) is 0.209. The molecule has 1 aliphatic carbocycles. The molecule has 3 heterocycles. The molecule has 0 amide bonds. The Hall–Kier alpha value is -3.70. The molecule has 6 rings (SSSR count). The number of ether oxygens (including phenoxy) is 1. The number of nitrogens with one attached hydrogen (secondary N) is 1. The second kappa shape index (κ2) is 9.74. The van der Waals surface area contributed by atoms with Crippen molar-refractivity contribution >= 4 is 38.4 Å². The Morgan fingerprint density at radius 2 is 1.77 bits per heavy atom. The zero-order valence-corrected chi connectivity index (χ0v) is 24.9. The molecule has 0 atom stereocenters. The van der Waals surface area contributed by atoms with Crippen molar-refractivity contribution in [3.8, 4) is 17.4 Å². The first-order chi connectivity index (χ1) is 19.1. The first-order valence-corrected chi connectivity index (χ1v) is 15.3. The van der Waals surface area contributed by atoms with E-state index in [0.29, 0.717) is 16.9 Å². The molecular formula is C29H30N7O2S2+. The van der Waals surface area contributed by atoms with Gasteiger partial charge in [0.2, 0.25) is 5.16 Å². The van der Waals surface area contributed by atoms with Crippen LogP contribution in [0.4, 0.5) is 0 Å². The van der Waals surface area contributed by atoms with E-state index in [1.165, 1.54) is 10.8 Å². The fraction of sp³-hybridized carbons (Fsp3) is 0.310. The number of para-hydroxylation sites is 1. The lowest BCUT2D eigenvalue weighted by molar-refractivity contribution is -0.610. The topological polar surface area (TPSA) is 102 Å². The maximum atomic E-state index is 13.2. The molecule has 2 aromatic carbocycles. The highest BCUT2D eigenvalue weighted by atomic mass is 33.1. The minimum atomic E-state index is -0.551. The summed E-state index contributed by atoms with van der Waals surface area (Å²) < 4.78 is 9.45. The number of methoxy groups -OCH3 is 1. The number of hydrogen-bond acceptors (Lipinski definition) is 8. The van der Waals surface area contributed by atoms with Crippen molar-refractivity contribution in [2.24, 2.45) is 0 Å². The number of pyridine rings is 1. The summed E-state index contributed by atoms with van der Waals surface area (Å²) in [6.07, 6.45) is 1.98. The van der Waals surface area contributed by atoms with Gasteiger partial charge in [0.05, 0.1) is 24.7 Å². The van der Waals surface area contributed by atoms with Gasteiger partial charge in [0.25, 0.3) is 0 Å². The molecule has 0 unspecified atom stereocenters.